The minimum Gasteiger partial charge on any atom is -0.507 e. The molecule has 1 aromatic heterocycles. The van der Waals surface area contributed by atoms with Crippen LogP contribution in [0.1, 0.15) is 29.7 Å². The first-order chi connectivity index (χ1) is 18.4. The fourth-order valence-corrected chi connectivity index (χ4v) is 5.31. The van der Waals surface area contributed by atoms with E-state index in [1.807, 2.05) is 55.6 Å². The number of carbonyl (C=O) groups is 2. The van der Waals surface area contributed by atoms with Crippen LogP contribution in [0.3, 0.4) is 0 Å². The van der Waals surface area contributed by atoms with Crippen molar-refractivity contribution in [2.75, 3.05) is 20.3 Å². The third-order valence-electron chi connectivity index (χ3n) is 6.74. The lowest BCUT2D eigenvalue weighted by Gasteiger charge is -2.25. The number of halogens is 1. The van der Waals surface area contributed by atoms with E-state index in [0.29, 0.717) is 24.3 Å². The Balaban J connectivity index is 1.53. The minimum atomic E-state index is -0.737. The molecule has 1 saturated heterocycles. The number of fused-ring (bicyclic) bond motifs is 1. The number of aromatic amines is 1. The molecule has 194 valence electrons. The summed E-state index contributed by atoms with van der Waals surface area (Å²) >= 11 is 3.50. The molecule has 1 unspecified atom stereocenters. The van der Waals surface area contributed by atoms with Gasteiger partial charge in [-0.1, -0.05) is 28.1 Å². The predicted octanol–water partition coefficient (Wildman–Crippen LogP) is 6.00. The number of rotatable bonds is 8. The van der Waals surface area contributed by atoms with Crippen LogP contribution in [0.25, 0.3) is 16.7 Å². The molecule has 1 aliphatic heterocycles. The van der Waals surface area contributed by atoms with Crippen molar-refractivity contribution in [2.24, 2.45) is 0 Å². The maximum absolute atomic E-state index is 13.4. The van der Waals surface area contributed by atoms with E-state index < -0.39 is 17.7 Å². The Morgan fingerprint density at radius 3 is 2.53 bits per heavy atom. The molecule has 0 spiro atoms. The van der Waals surface area contributed by atoms with Crippen LogP contribution < -0.4 is 9.47 Å². The van der Waals surface area contributed by atoms with Gasteiger partial charge in [-0.15, -0.1) is 0 Å². The number of carbonyl (C=O) groups excluding carboxylic acids is 2. The number of nitrogens with zero attached hydrogens (tertiary/aromatic N) is 1. The molecular formula is C30H27BrN2O5. The first-order valence-corrected chi connectivity index (χ1v) is 13.1. The first-order valence-electron chi connectivity index (χ1n) is 12.3. The highest BCUT2D eigenvalue weighted by Crippen LogP contribution is 2.40. The monoisotopic (exact) mass is 574 g/mol. The van der Waals surface area contributed by atoms with E-state index in [2.05, 4.69) is 20.9 Å². The Hall–Kier alpha value is -4.04. The highest BCUT2D eigenvalue weighted by Gasteiger charge is 2.46. The van der Waals surface area contributed by atoms with Crippen molar-refractivity contribution >= 4 is 44.3 Å². The highest BCUT2D eigenvalue weighted by atomic mass is 79.9. The lowest BCUT2D eigenvalue weighted by molar-refractivity contribution is -0.139. The van der Waals surface area contributed by atoms with Crippen molar-refractivity contribution in [1.82, 2.24) is 9.88 Å². The Kier molecular flexibility index (Phi) is 7.24. The van der Waals surface area contributed by atoms with Crippen molar-refractivity contribution in [2.45, 2.75) is 19.4 Å². The predicted molar refractivity (Wildman–Crippen MR) is 149 cm³/mol. The van der Waals surface area contributed by atoms with Crippen LogP contribution >= 0.6 is 15.9 Å². The van der Waals surface area contributed by atoms with Crippen LogP contribution in [-0.4, -0.2) is 46.9 Å². The molecule has 0 saturated carbocycles. The topological polar surface area (TPSA) is 91.9 Å². The van der Waals surface area contributed by atoms with Gasteiger partial charge in [-0.3, -0.25) is 9.59 Å². The minimum absolute atomic E-state index is 0.0675. The number of amides is 1. The Morgan fingerprint density at radius 2 is 1.82 bits per heavy atom. The second kappa shape index (κ2) is 10.8. The number of nitrogens with one attached hydrogen (secondary N) is 1. The van der Waals surface area contributed by atoms with Crippen LogP contribution in [-0.2, 0) is 16.0 Å². The van der Waals surface area contributed by atoms with Crippen LogP contribution in [0, 0.1) is 0 Å². The van der Waals surface area contributed by atoms with Gasteiger partial charge < -0.3 is 24.5 Å². The standard InChI is InChI=1S/C30H27BrN2O5/c1-3-38-22-9-7-18(8-10-22)28(34)26-27(19-5-4-6-21(31)15-19)33(30(36)29(26)35)14-13-20-17-32-25-12-11-23(37-2)16-24(20)25/h4-12,15-17,27,32,34H,3,13-14H2,1-2H3/b28-26-. The molecule has 8 heteroatoms. The molecule has 2 N–H and O–H groups in total. The van der Waals surface area contributed by atoms with E-state index in [-0.39, 0.29) is 17.9 Å². The molecule has 38 heavy (non-hydrogen) atoms. The Labute approximate surface area is 228 Å². The van der Waals surface area contributed by atoms with Gasteiger partial charge >= 0.3 is 0 Å². The van der Waals surface area contributed by atoms with Gasteiger partial charge in [0.05, 0.1) is 25.3 Å². The fraction of sp³-hybridized carbons (Fsp3) is 0.200. The second-order valence-electron chi connectivity index (χ2n) is 8.98. The van der Waals surface area contributed by atoms with Gasteiger partial charge in [-0.05, 0) is 79.1 Å². The van der Waals surface area contributed by atoms with Crippen LogP contribution in [0.4, 0.5) is 0 Å². The maximum Gasteiger partial charge on any atom is 0.295 e. The zero-order chi connectivity index (χ0) is 26.8. The molecule has 1 fully saturated rings. The third-order valence-corrected chi connectivity index (χ3v) is 7.23. The lowest BCUT2D eigenvalue weighted by Crippen LogP contribution is -2.31. The van der Waals surface area contributed by atoms with Gasteiger partial charge in [0, 0.05) is 33.7 Å². The normalized spacial score (nSPS) is 16.8. The average Bonchev–Trinajstić information content (AvgIpc) is 3.45. The molecular weight excluding hydrogens is 548 g/mol. The number of methoxy groups -OCH3 is 1. The van der Waals surface area contributed by atoms with Crippen LogP contribution in [0.2, 0.25) is 0 Å². The number of likely N-dealkylation sites (tertiary alicyclic amines) is 1. The molecule has 1 amide bonds. The summed E-state index contributed by atoms with van der Waals surface area (Å²) in [6.45, 7) is 2.69. The number of benzene rings is 3. The number of H-pyrrole nitrogens is 1. The Morgan fingerprint density at radius 1 is 1.05 bits per heavy atom. The van der Waals surface area contributed by atoms with Crippen molar-refractivity contribution in [1.29, 1.82) is 0 Å². The van der Waals surface area contributed by atoms with Crippen LogP contribution in [0.5, 0.6) is 11.5 Å². The molecule has 1 atom stereocenters. The molecule has 4 aromatic rings. The number of ketones is 1. The molecule has 0 radical (unpaired) electrons. The van der Waals surface area contributed by atoms with Gasteiger partial charge in [-0.2, -0.15) is 0 Å². The summed E-state index contributed by atoms with van der Waals surface area (Å²) in [5.41, 5.74) is 3.20. The molecule has 1 aliphatic rings. The molecule has 3 aromatic carbocycles. The highest BCUT2D eigenvalue weighted by molar-refractivity contribution is 9.10. The van der Waals surface area contributed by atoms with Gasteiger partial charge in [0.15, 0.2) is 0 Å². The number of aliphatic hydroxyl groups is 1. The first kappa shape index (κ1) is 25.6. The fourth-order valence-electron chi connectivity index (χ4n) is 4.90. The summed E-state index contributed by atoms with van der Waals surface area (Å²) in [7, 11) is 1.62. The maximum atomic E-state index is 13.4. The zero-order valence-electron chi connectivity index (χ0n) is 21.0. The number of aliphatic hydroxyl groups excluding tert-OH is 1. The van der Waals surface area contributed by atoms with Gasteiger partial charge in [0.25, 0.3) is 11.7 Å². The van der Waals surface area contributed by atoms with Crippen molar-refractivity contribution in [3.05, 3.63) is 99.7 Å². The number of aromatic nitrogens is 1. The van der Waals surface area contributed by atoms with Gasteiger partial charge in [-0.25, -0.2) is 0 Å². The zero-order valence-corrected chi connectivity index (χ0v) is 22.6. The molecule has 7 nitrogen and oxygen atoms in total. The van der Waals surface area contributed by atoms with Gasteiger partial charge in [0.2, 0.25) is 0 Å². The third kappa shape index (κ3) is 4.79. The van der Waals surface area contributed by atoms with Crippen molar-refractivity contribution < 1.29 is 24.2 Å². The van der Waals surface area contributed by atoms with E-state index in [1.54, 1.807) is 36.3 Å². The molecule has 0 aliphatic carbocycles. The molecule has 0 bridgehead atoms. The van der Waals surface area contributed by atoms with E-state index in [9.17, 15) is 14.7 Å². The smallest absolute Gasteiger partial charge is 0.295 e. The number of hydrogen-bond donors (Lipinski definition) is 2. The van der Waals surface area contributed by atoms with Crippen LogP contribution in [0.15, 0.2) is 83.0 Å². The summed E-state index contributed by atoms with van der Waals surface area (Å²) in [5.74, 6) is -0.163. The molecule has 5 rings (SSSR count). The number of Topliss-reactive ketones (excluding diaryl/α,β-unsaturated/α-hetero) is 1. The van der Waals surface area contributed by atoms with Crippen molar-refractivity contribution in [3.63, 3.8) is 0 Å². The molecule has 2 heterocycles. The van der Waals surface area contributed by atoms with E-state index in [0.717, 1.165) is 32.3 Å². The van der Waals surface area contributed by atoms with Crippen molar-refractivity contribution in [3.8, 4) is 11.5 Å². The number of hydrogen-bond acceptors (Lipinski definition) is 5. The second-order valence-corrected chi connectivity index (χ2v) is 9.90. The van der Waals surface area contributed by atoms with Gasteiger partial charge in [0.1, 0.15) is 17.3 Å². The average molecular weight is 575 g/mol. The summed E-state index contributed by atoms with van der Waals surface area (Å²) in [6, 6.07) is 19.3. The van der Waals surface area contributed by atoms with E-state index in [4.69, 9.17) is 9.47 Å². The SMILES string of the molecule is CCOc1ccc(/C(O)=C2/C(=O)C(=O)N(CCc3c[nH]c4ccc(OC)cc34)C2c2cccc(Br)c2)cc1. The summed E-state index contributed by atoms with van der Waals surface area (Å²) in [5, 5.41) is 12.3. The van der Waals surface area contributed by atoms with E-state index in [1.165, 1.54) is 0 Å². The summed E-state index contributed by atoms with van der Waals surface area (Å²) in [6.07, 6.45) is 2.42. The lowest BCUT2D eigenvalue weighted by atomic mass is 9.95. The summed E-state index contributed by atoms with van der Waals surface area (Å²) in [4.78, 5) is 31.5. The largest absolute Gasteiger partial charge is 0.507 e. The Bertz CT molecular complexity index is 1540. The number of ether oxygens (including phenoxy) is 2. The quantitative estimate of drug-likeness (QED) is 0.153. The van der Waals surface area contributed by atoms with E-state index >= 15 is 0 Å². The summed E-state index contributed by atoms with van der Waals surface area (Å²) < 4.78 is 11.7.